The molecule has 220 valence electrons. The lowest BCUT2D eigenvalue weighted by Gasteiger charge is -2.36. The van der Waals surface area contributed by atoms with Crippen LogP contribution in [0, 0.1) is 11.8 Å². The Labute approximate surface area is 239 Å². The van der Waals surface area contributed by atoms with Gasteiger partial charge >= 0.3 is 5.97 Å². The Kier molecular flexibility index (Phi) is 8.77. The number of rotatable bonds is 10. The van der Waals surface area contributed by atoms with Crippen LogP contribution in [0.4, 0.5) is 5.95 Å². The maximum absolute atomic E-state index is 13.1. The summed E-state index contributed by atoms with van der Waals surface area (Å²) in [6, 6.07) is 9.69. The van der Waals surface area contributed by atoms with Gasteiger partial charge in [0.2, 0.25) is 11.9 Å². The Balaban J connectivity index is 1.19. The molecule has 1 saturated carbocycles. The Bertz CT molecular complexity index is 1500. The molecule has 0 spiro atoms. The van der Waals surface area contributed by atoms with Crippen molar-refractivity contribution in [2.75, 3.05) is 37.0 Å². The predicted molar refractivity (Wildman–Crippen MR) is 155 cm³/mol. The van der Waals surface area contributed by atoms with Crippen LogP contribution in [-0.2, 0) is 19.4 Å². The highest BCUT2D eigenvalue weighted by atomic mass is 32.2. The predicted octanol–water partition coefficient (Wildman–Crippen LogP) is 3.53. The smallest absolute Gasteiger partial charge is 0.308 e. The minimum atomic E-state index is -3.02. The summed E-state index contributed by atoms with van der Waals surface area (Å²) < 4.78 is 30.6. The minimum Gasteiger partial charge on any atom is -0.493 e. The van der Waals surface area contributed by atoms with Gasteiger partial charge in [-0.15, -0.1) is 0 Å². The SMILES string of the molecule is CS(=O)(=O)CCCOc1cccc2c1ccn2-c1ccnc(N[C@H]2CC[C@H](C(=O)N3CCC[C@H](C(=O)O)C3)CC2)n1. The molecule has 12 heteroatoms. The van der Waals surface area contributed by atoms with Crippen molar-refractivity contribution in [3.8, 4) is 11.6 Å². The largest absolute Gasteiger partial charge is 0.493 e. The van der Waals surface area contributed by atoms with E-state index in [2.05, 4.69) is 10.3 Å². The molecule has 2 fully saturated rings. The number of carboxylic acid groups (broad SMARTS) is 1. The number of carboxylic acids is 1. The number of nitrogens with one attached hydrogen (secondary N) is 1. The van der Waals surface area contributed by atoms with Crippen LogP contribution in [0.5, 0.6) is 5.75 Å². The molecule has 1 aliphatic carbocycles. The van der Waals surface area contributed by atoms with Crippen molar-refractivity contribution >= 4 is 38.6 Å². The lowest BCUT2D eigenvalue weighted by molar-refractivity contribution is -0.147. The summed E-state index contributed by atoms with van der Waals surface area (Å²) in [5.41, 5.74) is 0.914. The fraction of sp³-hybridized carbons (Fsp3) is 0.517. The summed E-state index contributed by atoms with van der Waals surface area (Å²) in [4.78, 5) is 35.4. The quantitative estimate of drug-likeness (QED) is 0.343. The number of aromatic nitrogens is 3. The molecule has 2 N–H and O–H groups in total. The van der Waals surface area contributed by atoms with Gasteiger partial charge < -0.3 is 24.6 Å². The molecule has 2 aliphatic rings. The average molecular weight is 584 g/mol. The van der Waals surface area contributed by atoms with Crippen LogP contribution in [0.2, 0.25) is 0 Å². The van der Waals surface area contributed by atoms with Crippen LogP contribution >= 0.6 is 0 Å². The number of amides is 1. The molecule has 5 rings (SSSR count). The fourth-order valence-corrected chi connectivity index (χ4v) is 6.47. The summed E-state index contributed by atoms with van der Waals surface area (Å²) in [7, 11) is -3.02. The average Bonchev–Trinajstić information content (AvgIpc) is 3.40. The second-order valence-electron chi connectivity index (χ2n) is 11.1. The van der Waals surface area contributed by atoms with Gasteiger partial charge in [-0.2, -0.15) is 4.98 Å². The summed E-state index contributed by atoms with van der Waals surface area (Å²) >= 11 is 0. The number of carbonyl (C=O) groups is 2. The Morgan fingerprint density at radius 1 is 1.10 bits per heavy atom. The number of aliphatic carboxylic acids is 1. The van der Waals surface area contributed by atoms with Gasteiger partial charge in [0.25, 0.3) is 0 Å². The highest BCUT2D eigenvalue weighted by Crippen LogP contribution is 2.31. The molecule has 1 atom stereocenters. The van der Waals surface area contributed by atoms with E-state index in [1.807, 2.05) is 41.1 Å². The molecule has 0 unspecified atom stereocenters. The fourth-order valence-electron chi connectivity index (χ4n) is 5.83. The molecule has 3 aromatic rings. The van der Waals surface area contributed by atoms with E-state index in [-0.39, 0.29) is 23.6 Å². The summed E-state index contributed by atoms with van der Waals surface area (Å²) in [6.07, 6.45) is 9.79. The molecular formula is C29H37N5O6S. The van der Waals surface area contributed by atoms with Gasteiger partial charge in [0.05, 0.1) is 23.8 Å². The number of ether oxygens (including phenoxy) is 1. The maximum atomic E-state index is 13.1. The van der Waals surface area contributed by atoms with Gasteiger partial charge in [-0.05, 0) is 69.2 Å². The van der Waals surface area contributed by atoms with Crippen molar-refractivity contribution in [1.82, 2.24) is 19.4 Å². The first-order chi connectivity index (χ1) is 19.7. The van der Waals surface area contributed by atoms with Crippen molar-refractivity contribution in [2.45, 2.75) is 51.0 Å². The monoisotopic (exact) mass is 583 g/mol. The number of hydrogen-bond donors (Lipinski definition) is 2. The number of sulfone groups is 1. The zero-order valence-corrected chi connectivity index (χ0v) is 24.1. The van der Waals surface area contributed by atoms with E-state index in [0.29, 0.717) is 50.1 Å². The lowest BCUT2D eigenvalue weighted by Crippen LogP contribution is -2.46. The van der Waals surface area contributed by atoms with Crippen molar-refractivity contribution in [3.05, 3.63) is 42.7 Å². The number of piperidine rings is 1. The first-order valence-electron chi connectivity index (χ1n) is 14.2. The molecule has 11 nitrogen and oxygen atoms in total. The van der Waals surface area contributed by atoms with Crippen LogP contribution in [0.3, 0.4) is 0 Å². The second kappa shape index (κ2) is 12.5. The van der Waals surface area contributed by atoms with E-state index in [4.69, 9.17) is 9.72 Å². The molecular weight excluding hydrogens is 546 g/mol. The zero-order valence-electron chi connectivity index (χ0n) is 23.2. The molecule has 1 aromatic carbocycles. The first-order valence-corrected chi connectivity index (χ1v) is 16.3. The topological polar surface area (TPSA) is 144 Å². The number of hydrogen-bond acceptors (Lipinski definition) is 8. The van der Waals surface area contributed by atoms with Crippen molar-refractivity contribution < 1.29 is 27.9 Å². The molecule has 1 aliphatic heterocycles. The van der Waals surface area contributed by atoms with E-state index in [0.717, 1.165) is 43.0 Å². The second-order valence-corrected chi connectivity index (χ2v) is 13.4. The Morgan fingerprint density at radius 2 is 1.90 bits per heavy atom. The Hall–Kier alpha value is -3.67. The van der Waals surface area contributed by atoms with Gasteiger partial charge in [0.15, 0.2) is 0 Å². The van der Waals surface area contributed by atoms with E-state index < -0.39 is 21.7 Å². The molecule has 1 amide bonds. The van der Waals surface area contributed by atoms with Crippen molar-refractivity contribution in [1.29, 1.82) is 0 Å². The zero-order chi connectivity index (χ0) is 29.0. The van der Waals surface area contributed by atoms with Crippen molar-refractivity contribution in [2.24, 2.45) is 11.8 Å². The third-order valence-corrected chi connectivity index (χ3v) is 9.02. The van der Waals surface area contributed by atoms with E-state index in [9.17, 15) is 23.1 Å². The Morgan fingerprint density at radius 3 is 2.66 bits per heavy atom. The van der Waals surface area contributed by atoms with Crippen LogP contribution in [0.15, 0.2) is 42.7 Å². The molecule has 0 bridgehead atoms. The third kappa shape index (κ3) is 7.16. The van der Waals surface area contributed by atoms with Crippen LogP contribution in [0.25, 0.3) is 16.7 Å². The van der Waals surface area contributed by atoms with Gasteiger partial charge in [-0.3, -0.25) is 9.59 Å². The first kappa shape index (κ1) is 28.8. The van der Waals surface area contributed by atoms with Crippen molar-refractivity contribution in [3.63, 3.8) is 0 Å². The summed E-state index contributed by atoms with van der Waals surface area (Å²) in [6.45, 7) is 1.28. The van der Waals surface area contributed by atoms with Crippen LogP contribution < -0.4 is 10.1 Å². The number of fused-ring (bicyclic) bond motifs is 1. The van der Waals surface area contributed by atoms with Crippen LogP contribution in [-0.4, -0.2) is 82.6 Å². The minimum absolute atomic E-state index is 0.0677. The molecule has 0 radical (unpaired) electrons. The van der Waals surface area contributed by atoms with Crippen LogP contribution in [0.1, 0.15) is 44.9 Å². The summed E-state index contributed by atoms with van der Waals surface area (Å²) in [5, 5.41) is 13.7. The normalized spacial score (nSPS) is 21.5. The number of nitrogens with zero attached hydrogens (tertiary/aromatic N) is 4. The third-order valence-electron chi connectivity index (χ3n) is 7.99. The molecule has 2 aromatic heterocycles. The standard InChI is InChI=1S/C29H37N5O6S/c1-41(38,39)18-4-17-40-25-7-2-6-24-23(25)13-16-34(24)26-12-14-30-29(32-26)31-22-10-8-20(9-11-22)27(35)33-15-3-5-21(19-33)28(36)37/h2,6-7,12-14,16,20-22H,3-5,8-11,15,17-19H2,1H3,(H,36,37)(H,30,31,32)/t20-,21-,22-/m0/s1. The van der Waals surface area contributed by atoms with E-state index in [1.54, 1.807) is 11.1 Å². The summed E-state index contributed by atoms with van der Waals surface area (Å²) in [5.74, 6) is 0.745. The molecule has 1 saturated heterocycles. The highest BCUT2D eigenvalue weighted by molar-refractivity contribution is 7.90. The number of likely N-dealkylation sites (tertiary alicyclic amines) is 1. The van der Waals surface area contributed by atoms with E-state index in [1.165, 1.54) is 6.26 Å². The number of carbonyl (C=O) groups excluding carboxylic acids is 1. The van der Waals surface area contributed by atoms with Gasteiger partial charge in [-0.25, -0.2) is 13.4 Å². The molecule has 3 heterocycles. The van der Waals surface area contributed by atoms with Gasteiger partial charge in [-0.1, -0.05) is 6.07 Å². The number of benzene rings is 1. The molecule has 41 heavy (non-hydrogen) atoms. The van der Waals surface area contributed by atoms with Gasteiger partial charge in [0.1, 0.15) is 21.4 Å². The highest BCUT2D eigenvalue weighted by Gasteiger charge is 2.34. The van der Waals surface area contributed by atoms with Gasteiger partial charge in [0, 0.05) is 49.1 Å². The van der Waals surface area contributed by atoms with E-state index >= 15 is 0 Å². The number of anilines is 1. The lowest BCUT2D eigenvalue weighted by atomic mass is 9.84. The maximum Gasteiger partial charge on any atom is 0.308 e.